The Morgan fingerprint density at radius 3 is 2.89 bits per heavy atom. The van der Waals surface area contributed by atoms with Gasteiger partial charge < -0.3 is 28.7 Å². The van der Waals surface area contributed by atoms with E-state index in [1.54, 1.807) is 6.33 Å². The van der Waals surface area contributed by atoms with E-state index in [1.165, 1.54) is 11.8 Å². The molecule has 0 spiro atoms. The fraction of sp³-hybridized carbons (Fsp3) is 0.478. The van der Waals surface area contributed by atoms with Crippen molar-refractivity contribution in [3.8, 4) is 11.5 Å². The fourth-order valence-corrected chi connectivity index (χ4v) is 5.62. The number of carbonyl (C=O) groups excluding carboxylic acids is 1. The van der Waals surface area contributed by atoms with Crippen LogP contribution in [0.15, 0.2) is 33.0 Å². The highest BCUT2D eigenvalue weighted by Gasteiger charge is 2.32. The molecule has 10 nitrogen and oxygen atoms in total. The van der Waals surface area contributed by atoms with Crippen LogP contribution in [0.1, 0.15) is 40.0 Å². The molecule has 186 valence electrons. The summed E-state index contributed by atoms with van der Waals surface area (Å²) in [7, 11) is 0. The number of aromatic amines is 1. The van der Waals surface area contributed by atoms with E-state index in [0.717, 1.165) is 28.6 Å². The van der Waals surface area contributed by atoms with Crippen molar-refractivity contribution in [3.05, 3.63) is 28.4 Å². The topological polar surface area (TPSA) is 118 Å². The van der Waals surface area contributed by atoms with Gasteiger partial charge in [0.1, 0.15) is 11.1 Å². The van der Waals surface area contributed by atoms with Crippen molar-refractivity contribution in [2.24, 2.45) is 0 Å². The van der Waals surface area contributed by atoms with Crippen LogP contribution in [0.4, 0.5) is 4.79 Å². The van der Waals surface area contributed by atoms with Gasteiger partial charge in [-0.1, -0.05) is 11.8 Å². The summed E-state index contributed by atoms with van der Waals surface area (Å²) in [6.45, 7) is 7.18. The minimum Gasteiger partial charge on any atom is -0.454 e. The van der Waals surface area contributed by atoms with Crippen molar-refractivity contribution in [2.45, 2.75) is 68.3 Å². The van der Waals surface area contributed by atoms with Gasteiger partial charge in [0.2, 0.25) is 6.79 Å². The summed E-state index contributed by atoms with van der Waals surface area (Å²) in [5.41, 5.74) is 0.847. The number of halogens is 1. The lowest BCUT2D eigenvalue weighted by atomic mass is 10.1. The zero-order valence-electron chi connectivity index (χ0n) is 19.8. The molecule has 0 aliphatic carbocycles. The van der Waals surface area contributed by atoms with Crippen LogP contribution in [0.3, 0.4) is 0 Å². The molecule has 2 aromatic heterocycles. The molecule has 2 aliphatic heterocycles. The van der Waals surface area contributed by atoms with Gasteiger partial charge in [0.25, 0.3) is 0 Å². The monoisotopic (exact) mass is 562 g/mol. The smallest absolute Gasteiger partial charge is 0.410 e. The number of fused-ring (bicyclic) bond motifs is 2. The van der Waals surface area contributed by atoms with Gasteiger partial charge in [-0.15, -0.1) is 0 Å². The van der Waals surface area contributed by atoms with Crippen LogP contribution in [0.25, 0.3) is 11.2 Å². The number of nitrogens with zero attached hydrogens (tertiary/aromatic N) is 4. The number of hydrogen-bond donors (Lipinski definition) is 2. The van der Waals surface area contributed by atoms with Crippen LogP contribution in [-0.2, 0) is 11.3 Å². The van der Waals surface area contributed by atoms with Gasteiger partial charge in [0.15, 0.2) is 27.8 Å². The maximum absolute atomic E-state index is 12.6. The van der Waals surface area contributed by atoms with E-state index in [9.17, 15) is 4.79 Å². The Morgan fingerprint density at radius 2 is 2.11 bits per heavy atom. The van der Waals surface area contributed by atoms with Gasteiger partial charge in [-0.25, -0.2) is 14.8 Å². The zero-order chi connectivity index (χ0) is 24.7. The Bertz CT molecular complexity index is 1330. The van der Waals surface area contributed by atoms with Crippen LogP contribution in [0.2, 0.25) is 0 Å². The zero-order valence-corrected chi connectivity index (χ0v) is 22.2. The quantitative estimate of drug-likeness (QED) is 0.463. The van der Waals surface area contributed by atoms with Gasteiger partial charge in [0, 0.05) is 28.5 Å². The number of aromatic nitrogens is 4. The van der Waals surface area contributed by atoms with Crippen molar-refractivity contribution < 1.29 is 19.0 Å². The first-order chi connectivity index (χ1) is 16.7. The molecule has 3 aromatic rings. The van der Waals surface area contributed by atoms with Crippen molar-refractivity contribution in [3.63, 3.8) is 0 Å². The summed E-state index contributed by atoms with van der Waals surface area (Å²) in [5.74, 6) is 1.39. The second kappa shape index (κ2) is 9.38. The largest absolute Gasteiger partial charge is 0.454 e. The van der Waals surface area contributed by atoms with E-state index in [-0.39, 0.29) is 24.4 Å². The fourth-order valence-electron chi connectivity index (χ4n) is 4.24. The third-order valence-corrected chi connectivity index (χ3v) is 7.70. The molecule has 35 heavy (non-hydrogen) atoms. The van der Waals surface area contributed by atoms with Gasteiger partial charge in [0.05, 0.1) is 6.33 Å². The first-order valence-corrected chi connectivity index (χ1v) is 13.1. The molecule has 0 bridgehead atoms. The van der Waals surface area contributed by atoms with E-state index in [1.807, 2.05) is 42.4 Å². The summed E-state index contributed by atoms with van der Waals surface area (Å²) < 4.78 is 19.3. The first kappa shape index (κ1) is 24.0. The van der Waals surface area contributed by atoms with E-state index in [2.05, 4.69) is 25.9 Å². The Balaban J connectivity index is 1.34. The number of ether oxygens (including phenoxy) is 3. The Labute approximate surface area is 215 Å². The number of imidazole rings is 1. The number of benzene rings is 1. The SMILES string of the molecule is CC(C)(C)OC(=O)N1CCC[C@H]1CCn1cnc(=N)c2[nH]c(Sc3cc4c(cc3Br)OCO4)nc21. The standard InChI is InChI=1S/C23H27BrN6O4S/c1-23(2,3)34-22(31)30-7-4-5-13(30)6-8-29-11-26-19(25)18-20(29)28-21(27-18)35-17-10-16-15(9-14(17)24)32-12-33-16/h9-11,13,25H,4-8,12H2,1-3H3,(H,27,28)/t13-/m0/s1. The number of carbonyl (C=O) groups is 1. The minimum atomic E-state index is -0.519. The Morgan fingerprint density at radius 1 is 1.34 bits per heavy atom. The van der Waals surface area contributed by atoms with E-state index < -0.39 is 5.60 Å². The minimum absolute atomic E-state index is 0.0976. The third-order valence-electron chi connectivity index (χ3n) is 5.84. The molecule has 5 rings (SSSR count). The van der Waals surface area contributed by atoms with Crippen LogP contribution in [0, 0.1) is 5.41 Å². The summed E-state index contributed by atoms with van der Waals surface area (Å²) >= 11 is 5.02. The molecule has 1 saturated heterocycles. The molecule has 0 radical (unpaired) electrons. The second-order valence-corrected chi connectivity index (χ2v) is 11.4. The molecule has 0 saturated carbocycles. The summed E-state index contributed by atoms with van der Waals surface area (Å²) in [5, 5.41) is 8.89. The first-order valence-electron chi connectivity index (χ1n) is 11.4. The highest BCUT2D eigenvalue weighted by atomic mass is 79.9. The average Bonchev–Trinajstić information content (AvgIpc) is 3.52. The van der Waals surface area contributed by atoms with E-state index in [0.29, 0.717) is 40.9 Å². The molecule has 4 heterocycles. The van der Waals surface area contributed by atoms with Crippen molar-refractivity contribution in [1.82, 2.24) is 24.4 Å². The molecule has 2 N–H and O–H groups in total. The molecule has 0 unspecified atom stereocenters. The summed E-state index contributed by atoms with van der Waals surface area (Å²) in [4.78, 5) is 27.6. The predicted octanol–water partition coefficient (Wildman–Crippen LogP) is 4.67. The normalized spacial score (nSPS) is 17.4. The van der Waals surface area contributed by atoms with Crippen LogP contribution >= 0.6 is 27.7 Å². The molecule has 1 fully saturated rings. The number of likely N-dealkylation sites (tertiary alicyclic amines) is 1. The number of H-pyrrole nitrogens is 1. The highest BCUT2D eigenvalue weighted by molar-refractivity contribution is 9.10. The maximum Gasteiger partial charge on any atom is 0.410 e. The second-order valence-electron chi connectivity index (χ2n) is 9.52. The van der Waals surface area contributed by atoms with Crippen LogP contribution < -0.4 is 15.0 Å². The van der Waals surface area contributed by atoms with Crippen LogP contribution in [-0.4, -0.2) is 55.5 Å². The van der Waals surface area contributed by atoms with E-state index >= 15 is 0 Å². The van der Waals surface area contributed by atoms with Gasteiger partial charge >= 0.3 is 6.09 Å². The molecular formula is C23H27BrN6O4S. The molecule has 2 aliphatic rings. The number of nitrogens with one attached hydrogen (secondary N) is 2. The van der Waals surface area contributed by atoms with Gasteiger partial charge in [-0.05, 0) is 68.1 Å². The van der Waals surface area contributed by atoms with E-state index in [4.69, 9.17) is 24.6 Å². The van der Waals surface area contributed by atoms with Gasteiger partial charge in [-0.3, -0.25) is 5.41 Å². The van der Waals surface area contributed by atoms with Crippen LogP contribution in [0.5, 0.6) is 11.5 Å². The maximum atomic E-state index is 12.6. The van der Waals surface area contributed by atoms with Gasteiger partial charge in [-0.2, -0.15) is 0 Å². The molecule has 1 aromatic carbocycles. The number of amides is 1. The number of hydrogen-bond acceptors (Lipinski definition) is 8. The third kappa shape index (κ3) is 5.13. The molecule has 1 atom stereocenters. The lowest BCUT2D eigenvalue weighted by Gasteiger charge is -2.28. The Hall–Kier alpha value is -2.73. The lowest BCUT2D eigenvalue weighted by Crippen LogP contribution is -2.40. The van der Waals surface area contributed by atoms with Crippen molar-refractivity contribution >= 4 is 44.9 Å². The lowest BCUT2D eigenvalue weighted by molar-refractivity contribution is 0.0217. The molecular weight excluding hydrogens is 536 g/mol. The summed E-state index contributed by atoms with van der Waals surface area (Å²) in [6.07, 6.45) is 4.03. The summed E-state index contributed by atoms with van der Waals surface area (Å²) in [6, 6.07) is 3.88. The predicted molar refractivity (Wildman–Crippen MR) is 133 cm³/mol. The number of aryl methyl sites for hydroxylation is 1. The van der Waals surface area contributed by atoms with Crippen molar-refractivity contribution in [1.29, 1.82) is 5.41 Å². The van der Waals surface area contributed by atoms with Crippen molar-refractivity contribution in [2.75, 3.05) is 13.3 Å². The highest BCUT2D eigenvalue weighted by Crippen LogP contribution is 2.42. The Kier molecular flexibility index (Phi) is 6.43. The number of rotatable bonds is 5. The molecule has 12 heteroatoms. The average molecular weight is 563 g/mol. The molecule has 1 amide bonds.